The van der Waals surface area contributed by atoms with Gasteiger partial charge >= 0.3 is 0 Å². The average Bonchev–Trinajstić information content (AvgIpc) is 2.49. The number of benzene rings is 1. The largest absolute Gasteiger partial charge is 0.494 e. The van der Waals surface area contributed by atoms with E-state index in [1.807, 2.05) is 56.3 Å². The molecule has 4 nitrogen and oxygen atoms in total. The maximum absolute atomic E-state index is 5.72. The fraction of sp³-hybridized carbons (Fsp3) is 0.353. The minimum atomic E-state index is 0.135. The van der Waals surface area contributed by atoms with E-state index < -0.39 is 0 Å². The molecule has 0 amide bonds. The molecule has 1 aromatic heterocycles. The van der Waals surface area contributed by atoms with E-state index in [1.165, 1.54) is 0 Å². The van der Waals surface area contributed by atoms with Crippen LogP contribution < -0.4 is 14.8 Å². The average molecular weight is 286 g/mol. The lowest BCUT2D eigenvalue weighted by Crippen LogP contribution is -2.12. The molecule has 21 heavy (non-hydrogen) atoms. The van der Waals surface area contributed by atoms with Crippen molar-refractivity contribution in [2.45, 2.75) is 26.4 Å². The molecule has 0 saturated heterocycles. The molecule has 0 unspecified atom stereocenters. The molecule has 0 bridgehead atoms. The van der Waals surface area contributed by atoms with Crippen LogP contribution in [-0.2, 0) is 0 Å². The van der Waals surface area contributed by atoms with E-state index in [1.54, 1.807) is 6.20 Å². The number of ether oxygens (including phenoxy) is 2. The summed E-state index contributed by atoms with van der Waals surface area (Å²) in [7, 11) is 0. The summed E-state index contributed by atoms with van der Waals surface area (Å²) in [5, 5.41) is 3.29. The molecule has 1 heterocycles. The molecular formula is C17H22N2O2. The summed E-state index contributed by atoms with van der Waals surface area (Å²) in [6.07, 6.45) is 2.79. The first-order valence-electron chi connectivity index (χ1n) is 7.29. The Kier molecular flexibility index (Phi) is 5.88. The highest BCUT2D eigenvalue weighted by atomic mass is 16.5. The molecule has 0 aliphatic carbocycles. The first kappa shape index (κ1) is 15.2. The molecule has 0 atom stereocenters. The second-order valence-electron chi connectivity index (χ2n) is 4.96. The van der Waals surface area contributed by atoms with E-state index >= 15 is 0 Å². The Labute approximate surface area is 126 Å². The molecule has 2 rings (SSSR count). The third-order valence-electron chi connectivity index (χ3n) is 2.76. The molecule has 0 radical (unpaired) electrons. The van der Waals surface area contributed by atoms with Gasteiger partial charge in [-0.05, 0) is 44.5 Å². The van der Waals surface area contributed by atoms with Crippen LogP contribution in [0, 0.1) is 0 Å². The lowest BCUT2D eigenvalue weighted by atomic mass is 10.3. The summed E-state index contributed by atoms with van der Waals surface area (Å²) < 4.78 is 11.4. The Morgan fingerprint density at radius 2 is 1.90 bits per heavy atom. The summed E-state index contributed by atoms with van der Waals surface area (Å²) in [5.74, 6) is 2.47. The number of rotatable bonds is 8. The lowest BCUT2D eigenvalue weighted by molar-refractivity contribution is 0.243. The third-order valence-corrected chi connectivity index (χ3v) is 2.76. The molecule has 1 aromatic carbocycles. The van der Waals surface area contributed by atoms with Crippen molar-refractivity contribution in [3.8, 4) is 11.5 Å². The molecule has 0 aliphatic heterocycles. The van der Waals surface area contributed by atoms with Crippen molar-refractivity contribution in [1.29, 1.82) is 0 Å². The number of para-hydroxylation sites is 1. The molecule has 0 spiro atoms. The van der Waals surface area contributed by atoms with Crippen molar-refractivity contribution in [3.05, 3.63) is 48.7 Å². The van der Waals surface area contributed by atoms with Gasteiger partial charge in [0.1, 0.15) is 5.75 Å². The summed E-state index contributed by atoms with van der Waals surface area (Å²) >= 11 is 0. The van der Waals surface area contributed by atoms with Crippen LogP contribution in [-0.4, -0.2) is 24.2 Å². The predicted octanol–water partition coefficient (Wildman–Crippen LogP) is 3.75. The van der Waals surface area contributed by atoms with Crippen molar-refractivity contribution in [1.82, 2.24) is 4.98 Å². The standard InChI is InChI=1S/C17H22N2O2/c1-14(2)21-16-10-6-11-18-17(16)19-12-7-13-20-15-8-4-3-5-9-15/h3-6,8-11,14H,7,12-13H2,1-2H3,(H,18,19). The van der Waals surface area contributed by atoms with Crippen LogP contribution in [0.1, 0.15) is 20.3 Å². The fourth-order valence-corrected chi connectivity index (χ4v) is 1.86. The molecule has 2 aromatic rings. The van der Waals surface area contributed by atoms with E-state index in [2.05, 4.69) is 10.3 Å². The van der Waals surface area contributed by atoms with Gasteiger partial charge < -0.3 is 14.8 Å². The van der Waals surface area contributed by atoms with Gasteiger partial charge in [0.05, 0.1) is 12.7 Å². The third kappa shape index (κ3) is 5.34. The van der Waals surface area contributed by atoms with E-state index in [0.717, 1.165) is 30.3 Å². The summed E-state index contributed by atoms with van der Waals surface area (Å²) in [6, 6.07) is 13.6. The normalized spacial score (nSPS) is 10.4. The van der Waals surface area contributed by atoms with Gasteiger partial charge in [-0.25, -0.2) is 4.98 Å². The molecular weight excluding hydrogens is 264 g/mol. The molecule has 0 saturated carbocycles. The maximum Gasteiger partial charge on any atom is 0.168 e. The van der Waals surface area contributed by atoms with Crippen LogP contribution >= 0.6 is 0 Å². The topological polar surface area (TPSA) is 43.4 Å². The van der Waals surface area contributed by atoms with Gasteiger partial charge in [-0.3, -0.25) is 0 Å². The van der Waals surface area contributed by atoms with Crippen molar-refractivity contribution >= 4 is 5.82 Å². The zero-order valence-corrected chi connectivity index (χ0v) is 12.6. The number of pyridine rings is 1. The zero-order valence-electron chi connectivity index (χ0n) is 12.6. The zero-order chi connectivity index (χ0) is 14.9. The van der Waals surface area contributed by atoms with Gasteiger partial charge in [0.15, 0.2) is 11.6 Å². The van der Waals surface area contributed by atoms with E-state index in [9.17, 15) is 0 Å². The number of nitrogens with zero attached hydrogens (tertiary/aromatic N) is 1. The summed E-state index contributed by atoms with van der Waals surface area (Å²) in [6.45, 7) is 5.47. The summed E-state index contributed by atoms with van der Waals surface area (Å²) in [5.41, 5.74) is 0. The van der Waals surface area contributed by atoms with Crippen molar-refractivity contribution < 1.29 is 9.47 Å². The Morgan fingerprint density at radius 3 is 2.67 bits per heavy atom. The number of nitrogens with one attached hydrogen (secondary N) is 1. The van der Waals surface area contributed by atoms with E-state index in [-0.39, 0.29) is 6.10 Å². The number of hydrogen-bond donors (Lipinski definition) is 1. The second kappa shape index (κ2) is 8.15. The Morgan fingerprint density at radius 1 is 1.10 bits per heavy atom. The monoisotopic (exact) mass is 286 g/mol. The second-order valence-corrected chi connectivity index (χ2v) is 4.96. The van der Waals surface area contributed by atoms with Crippen LogP contribution in [0.5, 0.6) is 11.5 Å². The summed E-state index contributed by atoms with van der Waals surface area (Å²) in [4.78, 5) is 4.31. The molecule has 1 N–H and O–H groups in total. The fourth-order valence-electron chi connectivity index (χ4n) is 1.86. The number of aromatic nitrogens is 1. The molecule has 0 fully saturated rings. The lowest BCUT2D eigenvalue weighted by Gasteiger charge is -2.14. The first-order valence-corrected chi connectivity index (χ1v) is 7.29. The van der Waals surface area contributed by atoms with Crippen molar-refractivity contribution in [2.24, 2.45) is 0 Å². The molecule has 4 heteroatoms. The van der Waals surface area contributed by atoms with Crippen LogP contribution in [0.2, 0.25) is 0 Å². The van der Waals surface area contributed by atoms with E-state index in [4.69, 9.17) is 9.47 Å². The highest BCUT2D eigenvalue weighted by molar-refractivity contribution is 5.49. The van der Waals surface area contributed by atoms with Gasteiger partial charge in [0.2, 0.25) is 0 Å². The quantitative estimate of drug-likeness (QED) is 0.751. The Hall–Kier alpha value is -2.23. The van der Waals surface area contributed by atoms with Crippen LogP contribution in [0.15, 0.2) is 48.7 Å². The molecule has 0 aliphatic rings. The first-order chi connectivity index (χ1) is 10.3. The van der Waals surface area contributed by atoms with Gasteiger partial charge in [-0.15, -0.1) is 0 Å². The minimum absolute atomic E-state index is 0.135. The van der Waals surface area contributed by atoms with E-state index in [0.29, 0.717) is 6.61 Å². The molecule has 112 valence electrons. The van der Waals surface area contributed by atoms with Crippen LogP contribution in [0.3, 0.4) is 0 Å². The minimum Gasteiger partial charge on any atom is -0.494 e. The SMILES string of the molecule is CC(C)Oc1cccnc1NCCCOc1ccccc1. The number of hydrogen-bond acceptors (Lipinski definition) is 4. The van der Waals surface area contributed by atoms with Crippen LogP contribution in [0.4, 0.5) is 5.82 Å². The smallest absolute Gasteiger partial charge is 0.168 e. The van der Waals surface area contributed by atoms with Crippen molar-refractivity contribution in [2.75, 3.05) is 18.5 Å². The number of anilines is 1. The van der Waals surface area contributed by atoms with Crippen LogP contribution in [0.25, 0.3) is 0 Å². The van der Waals surface area contributed by atoms with Gasteiger partial charge in [-0.2, -0.15) is 0 Å². The highest BCUT2D eigenvalue weighted by Crippen LogP contribution is 2.21. The predicted molar refractivity (Wildman–Crippen MR) is 85.0 cm³/mol. The highest BCUT2D eigenvalue weighted by Gasteiger charge is 2.05. The van der Waals surface area contributed by atoms with Crippen molar-refractivity contribution in [3.63, 3.8) is 0 Å². The Balaban J connectivity index is 1.73. The van der Waals surface area contributed by atoms with Gasteiger partial charge in [0, 0.05) is 12.7 Å². The maximum atomic E-state index is 5.72. The van der Waals surface area contributed by atoms with Gasteiger partial charge in [0.25, 0.3) is 0 Å². The Bertz CT molecular complexity index is 529. The van der Waals surface area contributed by atoms with Gasteiger partial charge in [-0.1, -0.05) is 18.2 Å².